The van der Waals surface area contributed by atoms with Crippen LogP contribution in [0.5, 0.6) is 0 Å². The quantitative estimate of drug-likeness (QED) is 0.552. The lowest BCUT2D eigenvalue weighted by Crippen LogP contribution is -2.27. The number of aliphatic carboxylic acids is 2. The second-order valence-electron chi connectivity index (χ2n) is 3.19. The lowest BCUT2D eigenvalue weighted by atomic mass is 9.96. The highest BCUT2D eigenvalue weighted by Crippen LogP contribution is 2.21. The van der Waals surface area contributed by atoms with Gasteiger partial charge in [-0.25, -0.2) is 0 Å². The Kier molecular flexibility index (Phi) is 3.60. The lowest BCUT2D eigenvalue weighted by Gasteiger charge is -2.15. The molecule has 6 heteroatoms. The Hall–Kier alpha value is -1.92. The molecule has 6 nitrogen and oxygen atoms in total. The van der Waals surface area contributed by atoms with Crippen molar-refractivity contribution in [1.82, 2.24) is 0 Å². The van der Waals surface area contributed by atoms with Crippen LogP contribution in [-0.2, 0) is 9.59 Å². The smallest absolute Gasteiger partial charge is 0.325 e. The molecule has 0 aromatic heterocycles. The number of nitrogens with two attached hydrogens (primary N) is 2. The molecule has 16 heavy (non-hydrogen) atoms. The molecule has 0 saturated heterocycles. The Labute approximate surface area is 91.5 Å². The van der Waals surface area contributed by atoms with Gasteiger partial charge in [0.15, 0.2) is 0 Å². The molecule has 0 spiro atoms. The van der Waals surface area contributed by atoms with E-state index in [1.54, 1.807) is 0 Å². The Morgan fingerprint density at radius 2 is 1.62 bits per heavy atom. The van der Waals surface area contributed by atoms with E-state index in [0.29, 0.717) is 0 Å². The van der Waals surface area contributed by atoms with Crippen LogP contribution in [0.25, 0.3) is 0 Å². The molecule has 0 aliphatic rings. The Morgan fingerprint density at radius 3 is 2.12 bits per heavy atom. The molecule has 0 saturated carbocycles. The van der Waals surface area contributed by atoms with E-state index in [-0.39, 0.29) is 11.1 Å². The van der Waals surface area contributed by atoms with Crippen LogP contribution in [0.15, 0.2) is 18.2 Å². The minimum atomic E-state index is -1.31. The summed E-state index contributed by atoms with van der Waals surface area (Å²) in [5, 5.41) is 17.5. The fourth-order valence-corrected chi connectivity index (χ4v) is 1.27. The van der Waals surface area contributed by atoms with E-state index in [1.807, 2.05) is 0 Å². The maximum atomic E-state index is 10.7. The monoisotopic (exact) mass is 223 g/mol. The van der Waals surface area contributed by atoms with Gasteiger partial charge >= 0.3 is 11.9 Å². The van der Waals surface area contributed by atoms with Gasteiger partial charge in [-0.15, -0.1) is 0 Å². The highest BCUT2D eigenvalue weighted by Gasteiger charge is 2.23. The highest BCUT2D eigenvalue weighted by atomic mass is 16.4. The number of carboxylic acid groups (broad SMARTS) is 2. The molecule has 1 rings (SSSR count). The summed E-state index contributed by atoms with van der Waals surface area (Å²) < 4.78 is 0. The first-order valence-corrected chi connectivity index (χ1v) is 4.41. The van der Waals surface area contributed by atoms with Crippen molar-refractivity contribution in [2.75, 3.05) is 0 Å². The van der Waals surface area contributed by atoms with E-state index in [0.717, 1.165) is 0 Å². The van der Waals surface area contributed by atoms with Crippen molar-refractivity contribution in [2.24, 2.45) is 11.5 Å². The van der Waals surface area contributed by atoms with Gasteiger partial charge in [-0.2, -0.15) is 0 Å². The fourth-order valence-electron chi connectivity index (χ4n) is 1.27. The molecule has 85 valence electrons. The summed E-state index contributed by atoms with van der Waals surface area (Å²) in [5.74, 6) is -2.50. The molecule has 2 unspecified atom stereocenters. The zero-order valence-corrected chi connectivity index (χ0v) is 8.25. The minimum Gasteiger partial charge on any atom is -0.480 e. The van der Waals surface area contributed by atoms with Crippen molar-refractivity contribution in [1.29, 1.82) is 0 Å². The molecule has 6 N–H and O–H groups in total. The average molecular weight is 223 g/mol. The van der Waals surface area contributed by atoms with Crippen LogP contribution in [0.1, 0.15) is 23.2 Å². The molecule has 0 bridgehead atoms. The molecule has 0 amide bonds. The largest absolute Gasteiger partial charge is 0.480 e. The molecule has 0 aliphatic heterocycles. The van der Waals surface area contributed by atoms with Crippen LogP contribution in [0.3, 0.4) is 0 Å². The van der Waals surface area contributed by atoms with Gasteiger partial charge in [0, 0.05) is 0 Å². The van der Waals surface area contributed by atoms with E-state index < -0.39 is 24.0 Å². The third-order valence-electron chi connectivity index (χ3n) is 2.13. The van der Waals surface area contributed by atoms with E-state index in [4.69, 9.17) is 21.7 Å². The Balaban J connectivity index is 3.19. The van der Waals surface area contributed by atoms with E-state index >= 15 is 0 Å². The number of rotatable bonds is 4. The van der Waals surface area contributed by atoms with E-state index in [1.165, 1.54) is 18.2 Å². The Morgan fingerprint density at radius 1 is 1.12 bits per heavy atom. The van der Waals surface area contributed by atoms with E-state index in [9.17, 15) is 9.59 Å². The van der Waals surface area contributed by atoms with Crippen LogP contribution in [0.4, 0.5) is 0 Å². The number of hydrogen-bond acceptors (Lipinski definition) is 4. The van der Waals surface area contributed by atoms with Gasteiger partial charge in [0.1, 0.15) is 12.1 Å². The third-order valence-corrected chi connectivity index (χ3v) is 2.13. The van der Waals surface area contributed by atoms with Crippen LogP contribution >= 0.6 is 0 Å². The maximum Gasteiger partial charge on any atom is 0.325 e. The number of benzene rings is 1. The van der Waals surface area contributed by atoms with Crippen molar-refractivity contribution in [2.45, 2.75) is 12.1 Å². The lowest BCUT2D eigenvalue weighted by molar-refractivity contribution is -0.140. The summed E-state index contributed by atoms with van der Waals surface area (Å²) in [5.41, 5.74) is 11.2. The van der Waals surface area contributed by atoms with Crippen LogP contribution < -0.4 is 11.5 Å². The fraction of sp³-hybridized carbons (Fsp3) is 0.200. The summed E-state index contributed by atoms with van der Waals surface area (Å²) in [6, 6.07) is 4.22. The zero-order valence-electron chi connectivity index (χ0n) is 8.25. The van der Waals surface area contributed by atoms with Crippen molar-refractivity contribution in [3.8, 4) is 0 Å². The zero-order chi connectivity index (χ0) is 12.3. The Bertz CT molecular complexity index is 380. The van der Waals surface area contributed by atoms with Crippen molar-refractivity contribution in [3.05, 3.63) is 35.4 Å². The first-order chi connectivity index (χ1) is 7.45. The molecule has 1 aromatic carbocycles. The highest BCUT2D eigenvalue weighted by molar-refractivity contribution is 5.79. The van der Waals surface area contributed by atoms with Crippen LogP contribution in [-0.4, -0.2) is 22.2 Å². The molecule has 0 heterocycles. The van der Waals surface area contributed by atoms with Gasteiger partial charge in [0.25, 0.3) is 0 Å². The van der Waals surface area contributed by atoms with Gasteiger partial charge in [0.05, 0.1) is 0 Å². The van der Waals surface area contributed by atoms with Crippen LogP contribution in [0.2, 0.25) is 0 Å². The van der Waals surface area contributed by atoms with E-state index in [2.05, 4.69) is 6.07 Å². The number of carbonyl (C=O) groups is 2. The first kappa shape index (κ1) is 12.2. The second-order valence-corrected chi connectivity index (χ2v) is 3.19. The summed E-state index contributed by atoms with van der Waals surface area (Å²) >= 11 is 0. The van der Waals surface area contributed by atoms with Crippen molar-refractivity contribution >= 4 is 11.9 Å². The predicted octanol–water partition coefficient (Wildman–Crippen LogP) is -0.344. The molecule has 1 aromatic rings. The van der Waals surface area contributed by atoms with Gasteiger partial charge in [0.2, 0.25) is 0 Å². The SMILES string of the molecule is NC(C(=O)O)c1c[c]ccc1C(N)C(=O)O. The van der Waals surface area contributed by atoms with Crippen LogP contribution in [0, 0.1) is 6.07 Å². The molecular formula is C10H11N2O4. The summed E-state index contributed by atoms with van der Waals surface area (Å²) in [4.78, 5) is 21.4. The maximum absolute atomic E-state index is 10.7. The van der Waals surface area contributed by atoms with Crippen molar-refractivity contribution < 1.29 is 19.8 Å². The summed E-state index contributed by atoms with van der Waals surface area (Å²) in [7, 11) is 0. The van der Waals surface area contributed by atoms with Gasteiger partial charge in [-0.1, -0.05) is 12.1 Å². The van der Waals surface area contributed by atoms with Gasteiger partial charge in [-0.05, 0) is 23.3 Å². The topological polar surface area (TPSA) is 127 Å². The minimum absolute atomic E-state index is 0.157. The predicted molar refractivity (Wildman–Crippen MR) is 54.4 cm³/mol. The molecular weight excluding hydrogens is 212 g/mol. The summed E-state index contributed by atoms with van der Waals surface area (Å²) in [6.45, 7) is 0. The molecule has 0 fully saturated rings. The third kappa shape index (κ3) is 2.36. The van der Waals surface area contributed by atoms with Gasteiger partial charge < -0.3 is 21.7 Å². The average Bonchev–Trinajstić information content (AvgIpc) is 2.26. The number of hydrogen-bond donors (Lipinski definition) is 4. The number of carboxylic acids is 2. The molecule has 1 radical (unpaired) electrons. The second kappa shape index (κ2) is 4.73. The first-order valence-electron chi connectivity index (χ1n) is 4.41. The van der Waals surface area contributed by atoms with Gasteiger partial charge in [-0.3, -0.25) is 9.59 Å². The standard InChI is InChI=1S/C10H11N2O4/c11-7(9(13)14)5-3-1-2-4-6(5)8(12)10(15)16/h1,3-4,7-8H,11-12H2,(H,13,14)(H,15,16). The molecule has 2 atom stereocenters. The summed E-state index contributed by atoms with van der Waals surface area (Å²) in [6.07, 6.45) is 0. The normalized spacial score (nSPS) is 14.1. The molecule has 0 aliphatic carbocycles. The van der Waals surface area contributed by atoms with Crippen molar-refractivity contribution in [3.63, 3.8) is 0 Å².